The van der Waals surface area contributed by atoms with E-state index in [9.17, 15) is 9.59 Å². The molecule has 1 atom stereocenters. The van der Waals surface area contributed by atoms with Crippen molar-refractivity contribution < 1.29 is 4.79 Å². The van der Waals surface area contributed by atoms with Gasteiger partial charge >= 0.3 is 5.69 Å². The molecule has 1 aromatic heterocycles. The van der Waals surface area contributed by atoms with Crippen molar-refractivity contribution in [2.45, 2.75) is 50.9 Å². The summed E-state index contributed by atoms with van der Waals surface area (Å²) in [5.41, 5.74) is 4.43. The molecule has 7 nitrogen and oxygen atoms in total. The Labute approximate surface area is 122 Å². The highest BCUT2D eigenvalue weighted by Gasteiger charge is 2.31. The number of carbonyl (C=O) groups is 1. The van der Waals surface area contributed by atoms with Crippen LogP contribution in [-0.4, -0.2) is 38.5 Å². The third-order valence-electron chi connectivity index (χ3n) is 2.97. The Morgan fingerprint density at radius 2 is 2.20 bits per heavy atom. The van der Waals surface area contributed by atoms with Gasteiger partial charge < -0.3 is 11.1 Å². The van der Waals surface area contributed by atoms with E-state index in [0.29, 0.717) is 24.0 Å². The van der Waals surface area contributed by atoms with E-state index in [0.717, 1.165) is 12.8 Å². The zero-order valence-electron chi connectivity index (χ0n) is 12.2. The van der Waals surface area contributed by atoms with Crippen molar-refractivity contribution in [1.82, 2.24) is 20.1 Å². The number of H-pyrrole nitrogens is 1. The number of amides is 1. The molecule has 0 aromatic carbocycles. The summed E-state index contributed by atoms with van der Waals surface area (Å²) in [7, 11) is 0. The molecule has 0 saturated carbocycles. The quantitative estimate of drug-likeness (QED) is 0.569. The van der Waals surface area contributed by atoms with E-state index in [4.69, 9.17) is 5.73 Å². The molecule has 1 heterocycles. The second-order valence-electron chi connectivity index (χ2n) is 4.87. The van der Waals surface area contributed by atoms with Gasteiger partial charge in [0, 0.05) is 12.3 Å². The Hall–Kier alpha value is -1.28. The molecular formula is C12H23N5O2S. The molecule has 0 fully saturated rings. The van der Waals surface area contributed by atoms with Crippen molar-refractivity contribution in [2.24, 2.45) is 5.73 Å². The maximum atomic E-state index is 11.6. The van der Waals surface area contributed by atoms with Gasteiger partial charge in [-0.1, -0.05) is 25.6 Å². The normalized spacial score (nSPS) is 14.2. The maximum absolute atomic E-state index is 11.6. The Balaban J connectivity index is 2.77. The summed E-state index contributed by atoms with van der Waals surface area (Å²) < 4.78 is 1.58. The number of rotatable bonds is 9. The molecule has 4 N–H and O–H groups in total. The molecule has 0 aliphatic heterocycles. The van der Waals surface area contributed by atoms with Gasteiger partial charge in [-0.15, -0.1) is 5.10 Å². The van der Waals surface area contributed by atoms with Crippen LogP contribution in [0.2, 0.25) is 0 Å². The van der Waals surface area contributed by atoms with Gasteiger partial charge in [-0.05, 0) is 26.3 Å². The van der Waals surface area contributed by atoms with E-state index in [-0.39, 0.29) is 5.69 Å². The smallest absolute Gasteiger partial charge is 0.343 e. The van der Waals surface area contributed by atoms with Crippen molar-refractivity contribution in [1.29, 1.82) is 0 Å². The van der Waals surface area contributed by atoms with Crippen molar-refractivity contribution in [3.8, 4) is 0 Å². The molecule has 1 aromatic rings. The Morgan fingerprint density at radius 1 is 1.50 bits per heavy atom. The third kappa shape index (κ3) is 4.11. The van der Waals surface area contributed by atoms with Gasteiger partial charge in [-0.2, -0.15) is 0 Å². The molecule has 0 radical (unpaired) electrons. The Morgan fingerprint density at radius 3 is 2.75 bits per heavy atom. The molecule has 1 unspecified atom stereocenters. The van der Waals surface area contributed by atoms with Crippen molar-refractivity contribution in [3.05, 3.63) is 10.5 Å². The zero-order valence-corrected chi connectivity index (χ0v) is 13.0. The summed E-state index contributed by atoms with van der Waals surface area (Å²) in [4.78, 5) is 23.2. The minimum absolute atomic E-state index is 0.225. The van der Waals surface area contributed by atoms with E-state index >= 15 is 0 Å². The molecule has 8 heteroatoms. The fourth-order valence-electron chi connectivity index (χ4n) is 1.65. The number of nitrogens with zero attached hydrogens (tertiary/aromatic N) is 2. The van der Waals surface area contributed by atoms with Gasteiger partial charge in [0.1, 0.15) is 5.54 Å². The van der Waals surface area contributed by atoms with Crippen molar-refractivity contribution >= 4 is 17.7 Å². The summed E-state index contributed by atoms with van der Waals surface area (Å²) >= 11 is 1.35. The lowest BCUT2D eigenvalue weighted by Gasteiger charge is -2.26. The average molecular weight is 301 g/mol. The summed E-state index contributed by atoms with van der Waals surface area (Å²) in [5.74, 6) is 0.0226. The second-order valence-corrected chi connectivity index (χ2v) is 5.82. The fourth-order valence-corrected chi connectivity index (χ4v) is 2.76. The van der Waals surface area contributed by atoms with Crippen LogP contribution in [0.3, 0.4) is 0 Å². The fraction of sp³-hybridized carbons (Fsp3) is 0.750. The first kappa shape index (κ1) is 16.8. The van der Waals surface area contributed by atoms with E-state index < -0.39 is 11.4 Å². The van der Waals surface area contributed by atoms with Crippen LogP contribution in [0.25, 0.3) is 0 Å². The monoisotopic (exact) mass is 301 g/mol. The minimum atomic E-state index is -0.813. The molecule has 0 aliphatic carbocycles. The molecule has 114 valence electrons. The topological polar surface area (TPSA) is 106 Å². The molecule has 1 rings (SSSR count). The summed E-state index contributed by atoms with van der Waals surface area (Å²) in [5, 5.41) is 10.2. The average Bonchev–Trinajstić information content (AvgIpc) is 2.76. The van der Waals surface area contributed by atoms with Gasteiger partial charge in [0.25, 0.3) is 0 Å². The highest BCUT2D eigenvalue weighted by Crippen LogP contribution is 2.20. The number of hydrogen-bond donors (Lipinski definition) is 3. The first-order valence-electron chi connectivity index (χ1n) is 6.77. The number of aromatic nitrogens is 3. The lowest BCUT2D eigenvalue weighted by atomic mass is 10.1. The highest BCUT2D eigenvalue weighted by atomic mass is 32.2. The van der Waals surface area contributed by atoms with E-state index in [1.807, 2.05) is 13.8 Å². The van der Waals surface area contributed by atoms with Crippen LogP contribution >= 0.6 is 11.8 Å². The molecule has 0 saturated heterocycles. The summed E-state index contributed by atoms with van der Waals surface area (Å²) in [6.07, 6.45) is 1.75. The minimum Gasteiger partial charge on any atom is -0.368 e. The first-order chi connectivity index (χ1) is 9.44. The van der Waals surface area contributed by atoms with Gasteiger partial charge in [0.15, 0.2) is 5.16 Å². The van der Waals surface area contributed by atoms with E-state index in [1.54, 1.807) is 11.5 Å². The molecule has 1 amide bonds. The van der Waals surface area contributed by atoms with Gasteiger partial charge in [0.2, 0.25) is 5.91 Å². The standard InChI is InChI=1S/C12H23N5O2S/c1-4-6-14-12(3,9(13)18)8-20-11-16-15-10(19)17(11)7-5-2/h14H,4-8H2,1-3H3,(H2,13,18)(H,15,19). The Bertz CT molecular complexity index is 498. The van der Waals surface area contributed by atoms with Crippen LogP contribution < -0.4 is 16.7 Å². The van der Waals surface area contributed by atoms with Crippen LogP contribution in [0.1, 0.15) is 33.6 Å². The molecule has 20 heavy (non-hydrogen) atoms. The van der Waals surface area contributed by atoms with Gasteiger partial charge in [-0.25, -0.2) is 9.89 Å². The van der Waals surface area contributed by atoms with Crippen LogP contribution in [-0.2, 0) is 11.3 Å². The van der Waals surface area contributed by atoms with Crippen LogP contribution in [0.15, 0.2) is 9.95 Å². The molecule has 0 aliphatic rings. The lowest BCUT2D eigenvalue weighted by Crippen LogP contribution is -2.55. The number of nitrogens with one attached hydrogen (secondary N) is 2. The van der Waals surface area contributed by atoms with Crippen molar-refractivity contribution in [2.75, 3.05) is 12.3 Å². The summed E-state index contributed by atoms with van der Waals surface area (Å²) in [6, 6.07) is 0. The molecular weight excluding hydrogens is 278 g/mol. The second kappa shape index (κ2) is 7.49. The molecule has 0 bridgehead atoms. The highest BCUT2D eigenvalue weighted by molar-refractivity contribution is 7.99. The lowest BCUT2D eigenvalue weighted by molar-refractivity contribution is -0.122. The third-order valence-corrected chi connectivity index (χ3v) is 4.26. The zero-order chi connectivity index (χ0) is 15.2. The van der Waals surface area contributed by atoms with Crippen LogP contribution in [0, 0.1) is 0 Å². The number of hydrogen-bond acceptors (Lipinski definition) is 5. The number of thioether (sulfide) groups is 1. The van der Waals surface area contributed by atoms with Crippen molar-refractivity contribution in [3.63, 3.8) is 0 Å². The number of aromatic amines is 1. The summed E-state index contributed by atoms with van der Waals surface area (Å²) in [6.45, 7) is 7.10. The van der Waals surface area contributed by atoms with E-state index in [1.165, 1.54) is 11.8 Å². The van der Waals surface area contributed by atoms with Crippen LogP contribution in [0.4, 0.5) is 0 Å². The Kier molecular flexibility index (Phi) is 6.28. The first-order valence-corrected chi connectivity index (χ1v) is 7.76. The number of carbonyl (C=O) groups excluding carboxylic acids is 1. The largest absolute Gasteiger partial charge is 0.368 e. The van der Waals surface area contributed by atoms with E-state index in [2.05, 4.69) is 15.5 Å². The van der Waals surface area contributed by atoms with Gasteiger partial charge in [-0.3, -0.25) is 9.36 Å². The molecule has 0 spiro atoms. The predicted octanol–water partition coefficient (Wildman–Crippen LogP) is 0.317. The van der Waals surface area contributed by atoms with Crippen LogP contribution in [0.5, 0.6) is 0 Å². The van der Waals surface area contributed by atoms with Gasteiger partial charge in [0.05, 0.1) is 0 Å². The number of primary amides is 1. The maximum Gasteiger partial charge on any atom is 0.343 e. The number of nitrogens with two attached hydrogens (primary N) is 1. The predicted molar refractivity (Wildman–Crippen MR) is 79.8 cm³/mol. The SMILES string of the molecule is CCCNC(C)(CSc1n[nH]c(=O)n1CCC)C(N)=O.